The number of halogens is 3. The SMILES string of the molecule is O=C(N/N=C/c1cccc(OCc2ccc(Cl)cc2Cl)c1)c1ccccc1Br. The quantitative estimate of drug-likeness (QED) is 0.344. The summed E-state index contributed by atoms with van der Waals surface area (Å²) in [5.74, 6) is 0.362. The average molecular weight is 478 g/mol. The lowest BCUT2D eigenvalue weighted by atomic mass is 10.2. The van der Waals surface area contributed by atoms with Crippen molar-refractivity contribution in [3.8, 4) is 5.75 Å². The highest BCUT2D eigenvalue weighted by molar-refractivity contribution is 9.10. The van der Waals surface area contributed by atoms with Crippen LogP contribution in [0.2, 0.25) is 10.0 Å². The van der Waals surface area contributed by atoms with Crippen molar-refractivity contribution in [1.29, 1.82) is 0 Å². The van der Waals surface area contributed by atoms with E-state index < -0.39 is 0 Å². The number of carbonyl (C=O) groups is 1. The maximum Gasteiger partial charge on any atom is 0.272 e. The number of ether oxygens (including phenoxy) is 1. The summed E-state index contributed by atoms with van der Waals surface area (Å²) in [4.78, 5) is 12.1. The molecule has 1 amide bonds. The zero-order valence-electron chi connectivity index (χ0n) is 14.5. The summed E-state index contributed by atoms with van der Waals surface area (Å²) in [6, 6.07) is 19.8. The fraction of sp³-hybridized carbons (Fsp3) is 0.0476. The third-order valence-electron chi connectivity index (χ3n) is 3.77. The van der Waals surface area contributed by atoms with Gasteiger partial charge in [0.1, 0.15) is 12.4 Å². The number of carbonyl (C=O) groups excluding carboxylic acids is 1. The van der Waals surface area contributed by atoms with Crippen molar-refractivity contribution in [1.82, 2.24) is 5.43 Å². The van der Waals surface area contributed by atoms with Crippen LogP contribution >= 0.6 is 39.1 Å². The average Bonchev–Trinajstić information content (AvgIpc) is 2.68. The van der Waals surface area contributed by atoms with Gasteiger partial charge in [-0.2, -0.15) is 5.10 Å². The monoisotopic (exact) mass is 476 g/mol. The Morgan fingerprint density at radius 2 is 1.89 bits per heavy atom. The van der Waals surface area contributed by atoms with Gasteiger partial charge in [-0.1, -0.05) is 53.5 Å². The standard InChI is InChI=1S/C21H15BrCl2N2O2/c22-19-7-2-1-6-18(19)21(27)26-25-12-14-4-3-5-17(10-14)28-13-15-8-9-16(23)11-20(15)24/h1-12H,13H2,(H,26,27)/b25-12+. The molecule has 0 atom stereocenters. The largest absolute Gasteiger partial charge is 0.489 e. The molecule has 0 saturated heterocycles. The zero-order chi connectivity index (χ0) is 19.9. The highest BCUT2D eigenvalue weighted by atomic mass is 79.9. The summed E-state index contributed by atoms with van der Waals surface area (Å²) in [5.41, 5.74) is 4.64. The van der Waals surface area contributed by atoms with Gasteiger partial charge in [0, 0.05) is 20.1 Å². The van der Waals surface area contributed by atoms with E-state index in [1.807, 2.05) is 36.4 Å². The van der Waals surface area contributed by atoms with E-state index in [1.165, 1.54) is 0 Å². The van der Waals surface area contributed by atoms with Gasteiger partial charge in [0.15, 0.2) is 0 Å². The van der Waals surface area contributed by atoms with Crippen LogP contribution in [0.1, 0.15) is 21.5 Å². The number of nitrogens with zero attached hydrogens (tertiary/aromatic N) is 1. The van der Waals surface area contributed by atoms with E-state index in [0.717, 1.165) is 11.1 Å². The number of hydrogen-bond acceptors (Lipinski definition) is 3. The molecule has 3 aromatic carbocycles. The highest BCUT2D eigenvalue weighted by Gasteiger charge is 2.07. The summed E-state index contributed by atoms with van der Waals surface area (Å²) in [5, 5.41) is 5.14. The van der Waals surface area contributed by atoms with Crippen molar-refractivity contribution < 1.29 is 9.53 Å². The number of benzene rings is 3. The molecule has 0 radical (unpaired) electrons. The molecule has 0 bridgehead atoms. The van der Waals surface area contributed by atoms with E-state index in [1.54, 1.807) is 36.5 Å². The van der Waals surface area contributed by atoms with Crippen molar-refractivity contribution in [3.05, 3.63) is 97.9 Å². The first-order valence-electron chi connectivity index (χ1n) is 8.27. The lowest BCUT2D eigenvalue weighted by molar-refractivity contribution is 0.0954. The Balaban J connectivity index is 1.60. The molecule has 7 heteroatoms. The molecule has 0 aromatic heterocycles. The maximum atomic E-state index is 12.1. The van der Waals surface area contributed by atoms with Crippen LogP contribution in [0.15, 0.2) is 76.3 Å². The van der Waals surface area contributed by atoms with Crippen LogP contribution in [-0.2, 0) is 6.61 Å². The number of nitrogens with one attached hydrogen (secondary N) is 1. The summed E-state index contributed by atoms with van der Waals surface area (Å²) in [7, 11) is 0. The molecular formula is C21H15BrCl2N2O2. The van der Waals surface area contributed by atoms with Crippen LogP contribution in [-0.4, -0.2) is 12.1 Å². The predicted octanol–water partition coefficient (Wildman–Crippen LogP) is 6.10. The minimum Gasteiger partial charge on any atom is -0.489 e. The fourth-order valence-electron chi connectivity index (χ4n) is 2.36. The molecular weight excluding hydrogens is 463 g/mol. The van der Waals surface area contributed by atoms with Crippen molar-refractivity contribution in [3.63, 3.8) is 0 Å². The molecule has 3 aromatic rings. The van der Waals surface area contributed by atoms with Gasteiger partial charge in [0.25, 0.3) is 5.91 Å². The summed E-state index contributed by atoms with van der Waals surface area (Å²) in [6.45, 7) is 0.315. The third kappa shape index (κ3) is 5.58. The van der Waals surface area contributed by atoms with Gasteiger partial charge in [-0.15, -0.1) is 0 Å². The van der Waals surface area contributed by atoms with Gasteiger partial charge in [0.2, 0.25) is 0 Å². The topological polar surface area (TPSA) is 50.7 Å². The smallest absolute Gasteiger partial charge is 0.272 e. The molecule has 0 aliphatic rings. The second kappa shape index (κ2) is 9.73. The Kier molecular flexibility index (Phi) is 7.09. The van der Waals surface area contributed by atoms with E-state index >= 15 is 0 Å². The van der Waals surface area contributed by atoms with E-state index in [2.05, 4.69) is 26.5 Å². The predicted molar refractivity (Wildman–Crippen MR) is 116 cm³/mol. The van der Waals surface area contributed by atoms with Crippen LogP contribution in [0.5, 0.6) is 5.75 Å². The molecule has 0 fully saturated rings. The van der Waals surface area contributed by atoms with Crippen molar-refractivity contribution in [2.24, 2.45) is 5.10 Å². The first-order chi connectivity index (χ1) is 13.5. The molecule has 0 unspecified atom stereocenters. The lowest BCUT2D eigenvalue weighted by Gasteiger charge is -2.08. The molecule has 0 aliphatic heterocycles. The van der Waals surface area contributed by atoms with Crippen molar-refractivity contribution >= 4 is 51.3 Å². The van der Waals surface area contributed by atoms with Gasteiger partial charge in [-0.25, -0.2) is 5.43 Å². The molecule has 0 heterocycles. The number of rotatable bonds is 6. The molecule has 28 heavy (non-hydrogen) atoms. The van der Waals surface area contributed by atoms with Crippen LogP contribution in [0.25, 0.3) is 0 Å². The minimum absolute atomic E-state index is 0.298. The summed E-state index contributed by atoms with van der Waals surface area (Å²) < 4.78 is 6.49. The number of amides is 1. The molecule has 4 nitrogen and oxygen atoms in total. The van der Waals surface area contributed by atoms with Gasteiger partial charge >= 0.3 is 0 Å². The second-order valence-electron chi connectivity index (χ2n) is 5.78. The lowest BCUT2D eigenvalue weighted by Crippen LogP contribution is -2.18. The first-order valence-corrected chi connectivity index (χ1v) is 9.82. The van der Waals surface area contributed by atoms with Crippen molar-refractivity contribution in [2.75, 3.05) is 0 Å². The Morgan fingerprint density at radius 3 is 2.68 bits per heavy atom. The summed E-state index contributed by atoms with van der Waals surface area (Å²) in [6.07, 6.45) is 1.55. The van der Waals surface area contributed by atoms with Crippen LogP contribution < -0.4 is 10.2 Å². The Labute approximate surface area is 181 Å². The maximum absolute atomic E-state index is 12.1. The van der Waals surface area contributed by atoms with Crippen molar-refractivity contribution in [2.45, 2.75) is 6.61 Å². The van der Waals surface area contributed by atoms with E-state index in [0.29, 0.717) is 32.4 Å². The van der Waals surface area contributed by atoms with Gasteiger partial charge < -0.3 is 4.74 Å². The highest BCUT2D eigenvalue weighted by Crippen LogP contribution is 2.23. The van der Waals surface area contributed by atoms with Crippen LogP contribution in [0, 0.1) is 0 Å². The molecule has 0 saturated carbocycles. The zero-order valence-corrected chi connectivity index (χ0v) is 17.6. The van der Waals surface area contributed by atoms with Gasteiger partial charge in [-0.05, 0) is 57.9 Å². The summed E-state index contributed by atoms with van der Waals surface area (Å²) >= 11 is 15.4. The molecule has 1 N–H and O–H groups in total. The third-order valence-corrected chi connectivity index (χ3v) is 5.04. The van der Waals surface area contributed by atoms with Crippen LogP contribution in [0.4, 0.5) is 0 Å². The van der Waals surface area contributed by atoms with Crippen LogP contribution in [0.3, 0.4) is 0 Å². The van der Waals surface area contributed by atoms with E-state index in [9.17, 15) is 4.79 Å². The Hall–Kier alpha value is -2.34. The second-order valence-corrected chi connectivity index (χ2v) is 7.47. The molecule has 142 valence electrons. The van der Waals surface area contributed by atoms with E-state index in [4.69, 9.17) is 27.9 Å². The normalized spacial score (nSPS) is 10.8. The first kappa shape index (κ1) is 20.4. The molecule has 0 spiro atoms. The number of hydrogen-bond donors (Lipinski definition) is 1. The Morgan fingerprint density at radius 1 is 1.07 bits per heavy atom. The Bertz CT molecular complexity index is 1020. The van der Waals surface area contributed by atoms with Gasteiger partial charge in [0.05, 0.1) is 11.8 Å². The minimum atomic E-state index is -0.298. The van der Waals surface area contributed by atoms with Gasteiger partial charge in [-0.3, -0.25) is 4.79 Å². The molecule has 0 aliphatic carbocycles. The fourth-order valence-corrected chi connectivity index (χ4v) is 3.28. The van der Waals surface area contributed by atoms with E-state index in [-0.39, 0.29) is 5.91 Å². The molecule has 3 rings (SSSR count). The number of hydrazone groups is 1.